The van der Waals surface area contributed by atoms with Gasteiger partial charge in [-0.25, -0.2) is 9.97 Å². The molecular formula is C21H21Cl2N5O. The van der Waals surface area contributed by atoms with Gasteiger partial charge < -0.3 is 10.6 Å². The predicted octanol–water partition coefficient (Wildman–Crippen LogP) is 3.41. The summed E-state index contributed by atoms with van der Waals surface area (Å²) in [6, 6.07) is 13.0. The Kier molecular flexibility index (Phi) is 5.85. The molecule has 1 saturated heterocycles. The van der Waals surface area contributed by atoms with E-state index in [1.165, 1.54) is 0 Å². The summed E-state index contributed by atoms with van der Waals surface area (Å²) in [7, 11) is 0. The molecule has 8 heteroatoms. The Morgan fingerprint density at radius 1 is 1.03 bits per heavy atom. The number of carbonyl (C=O) groups is 1. The number of rotatable bonds is 4. The maximum absolute atomic E-state index is 12.6. The average molecular weight is 430 g/mol. The third-order valence-electron chi connectivity index (χ3n) is 5.13. The van der Waals surface area contributed by atoms with E-state index in [9.17, 15) is 4.79 Å². The maximum Gasteiger partial charge on any atom is 0.227 e. The zero-order chi connectivity index (χ0) is 20.4. The van der Waals surface area contributed by atoms with E-state index >= 15 is 0 Å². The SMILES string of the molecule is Nc1nc(CN2CCN(C(=O)Cc3ccc(Cl)cc3Cl)CC2)nc2ccccc12. The number of hydrogen-bond donors (Lipinski definition) is 1. The first kappa shape index (κ1) is 19.9. The van der Waals surface area contributed by atoms with Crippen molar-refractivity contribution in [1.29, 1.82) is 0 Å². The number of nitrogens with zero attached hydrogens (tertiary/aromatic N) is 4. The van der Waals surface area contributed by atoms with Crippen LogP contribution in [0, 0.1) is 0 Å². The van der Waals surface area contributed by atoms with Crippen molar-refractivity contribution in [2.24, 2.45) is 0 Å². The third-order valence-corrected chi connectivity index (χ3v) is 5.71. The molecule has 2 aromatic carbocycles. The highest BCUT2D eigenvalue weighted by molar-refractivity contribution is 6.35. The second-order valence-electron chi connectivity index (χ2n) is 7.11. The monoisotopic (exact) mass is 429 g/mol. The minimum absolute atomic E-state index is 0.0695. The van der Waals surface area contributed by atoms with Crippen molar-refractivity contribution < 1.29 is 4.79 Å². The smallest absolute Gasteiger partial charge is 0.227 e. The summed E-state index contributed by atoms with van der Waals surface area (Å²) in [5, 5.41) is 1.96. The van der Waals surface area contributed by atoms with Crippen LogP contribution in [0.5, 0.6) is 0 Å². The molecule has 2 heterocycles. The van der Waals surface area contributed by atoms with Crippen LogP contribution in [0.25, 0.3) is 10.9 Å². The molecule has 150 valence electrons. The van der Waals surface area contributed by atoms with Gasteiger partial charge in [-0.1, -0.05) is 41.4 Å². The number of piperazine rings is 1. The normalized spacial score (nSPS) is 15.0. The second-order valence-corrected chi connectivity index (χ2v) is 7.96. The molecule has 0 radical (unpaired) electrons. The summed E-state index contributed by atoms with van der Waals surface area (Å²) in [6.45, 7) is 3.45. The van der Waals surface area contributed by atoms with Crippen LogP contribution >= 0.6 is 23.2 Å². The van der Waals surface area contributed by atoms with Crippen molar-refractivity contribution in [3.8, 4) is 0 Å². The van der Waals surface area contributed by atoms with E-state index < -0.39 is 0 Å². The number of carbonyl (C=O) groups excluding carboxylic acids is 1. The molecule has 0 atom stereocenters. The minimum atomic E-state index is 0.0695. The van der Waals surface area contributed by atoms with Crippen LogP contribution < -0.4 is 5.73 Å². The summed E-state index contributed by atoms with van der Waals surface area (Å²) in [5.74, 6) is 1.27. The quantitative estimate of drug-likeness (QED) is 0.687. The van der Waals surface area contributed by atoms with Crippen LogP contribution in [-0.2, 0) is 17.8 Å². The van der Waals surface area contributed by atoms with Gasteiger partial charge in [0.25, 0.3) is 0 Å². The van der Waals surface area contributed by atoms with Crippen LogP contribution in [0.1, 0.15) is 11.4 Å². The predicted molar refractivity (Wildman–Crippen MR) is 116 cm³/mol. The highest BCUT2D eigenvalue weighted by Gasteiger charge is 2.22. The van der Waals surface area contributed by atoms with E-state index in [2.05, 4.69) is 14.9 Å². The van der Waals surface area contributed by atoms with Gasteiger partial charge in [0.15, 0.2) is 0 Å². The minimum Gasteiger partial charge on any atom is -0.383 e. The first-order valence-electron chi connectivity index (χ1n) is 9.45. The van der Waals surface area contributed by atoms with Crippen molar-refractivity contribution in [3.63, 3.8) is 0 Å². The molecule has 3 aromatic rings. The zero-order valence-electron chi connectivity index (χ0n) is 15.8. The van der Waals surface area contributed by atoms with Gasteiger partial charge in [-0.15, -0.1) is 0 Å². The zero-order valence-corrected chi connectivity index (χ0v) is 17.3. The molecular weight excluding hydrogens is 409 g/mol. The van der Waals surface area contributed by atoms with Crippen molar-refractivity contribution in [3.05, 3.63) is 63.9 Å². The molecule has 1 aromatic heterocycles. The molecule has 4 rings (SSSR count). The summed E-state index contributed by atoms with van der Waals surface area (Å²) in [4.78, 5) is 25.8. The molecule has 29 heavy (non-hydrogen) atoms. The first-order chi connectivity index (χ1) is 14.0. The third kappa shape index (κ3) is 4.61. The van der Waals surface area contributed by atoms with Gasteiger partial charge in [-0.05, 0) is 29.8 Å². The standard InChI is InChI=1S/C21H21Cl2N5O/c22-15-6-5-14(17(23)12-15)11-20(29)28-9-7-27(8-10-28)13-19-25-18-4-2-1-3-16(18)21(24)26-19/h1-6,12H,7-11,13H2,(H2,24,25,26). The van der Waals surface area contributed by atoms with Gasteiger partial charge in [0.05, 0.1) is 18.5 Å². The summed E-state index contributed by atoms with van der Waals surface area (Å²) in [6.07, 6.45) is 0.278. The molecule has 0 spiro atoms. The van der Waals surface area contributed by atoms with Gasteiger partial charge in [0.2, 0.25) is 5.91 Å². The average Bonchev–Trinajstić information content (AvgIpc) is 2.71. The summed E-state index contributed by atoms with van der Waals surface area (Å²) >= 11 is 12.1. The molecule has 1 amide bonds. The van der Waals surface area contributed by atoms with E-state index in [1.807, 2.05) is 29.2 Å². The Balaban J connectivity index is 1.35. The lowest BCUT2D eigenvalue weighted by molar-refractivity contribution is -0.132. The fourth-order valence-electron chi connectivity index (χ4n) is 3.52. The van der Waals surface area contributed by atoms with E-state index in [0.717, 1.165) is 29.6 Å². The van der Waals surface area contributed by atoms with Gasteiger partial charge in [0.1, 0.15) is 11.6 Å². The number of amides is 1. The Morgan fingerprint density at radius 2 is 1.79 bits per heavy atom. The van der Waals surface area contributed by atoms with E-state index in [1.54, 1.807) is 18.2 Å². The Morgan fingerprint density at radius 3 is 2.55 bits per heavy atom. The van der Waals surface area contributed by atoms with E-state index in [4.69, 9.17) is 28.9 Å². The number of halogens is 2. The molecule has 0 aliphatic carbocycles. The first-order valence-corrected chi connectivity index (χ1v) is 10.2. The number of fused-ring (bicyclic) bond motifs is 1. The molecule has 0 unspecified atom stereocenters. The van der Waals surface area contributed by atoms with E-state index in [-0.39, 0.29) is 12.3 Å². The summed E-state index contributed by atoms with van der Waals surface area (Å²) < 4.78 is 0. The van der Waals surface area contributed by atoms with Crippen molar-refractivity contribution >= 4 is 45.8 Å². The fraction of sp³-hybridized carbons (Fsp3) is 0.286. The lowest BCUT2D eigenvalue weighted by Gasteiger charge is -2.34. The van der Waals surface area contributed by atoms with Crippen molar-refractivity contribution in [1.82, 2.24) is 19.8 Å². The van der Waals surface area contributed by atoms with Gasteiger partial charge in [-0.2, -0.15) is 0 Å². The molecule has 0 bridgehead atoms. The van der Waals surface area contributed by atoms with E-state index in [0.29, 0.717) is 41.3 Å². The van der Waals surface area contributed by atoms with Crippen molar-refractivity contribution in [2.75, 3.05) is 31.9 Å². The van der Waals surface area contributed by atoms with Gasteiger partial charge in [-0.3, -0.25) is 9.69 Å². The fourth-order valence-corrected chi connectivity index (χ4v) is 3.99. The number of para-hydroxylation sites is 1. The second kappa shape index (κ2) is 8.53. The van der Waals surface area contributed by atoms with Crippen LogP contribution in [0.15, 0.2) is 42.5 Å². The van der Waals surface area contributed by atoms with Crippen LogP contribution in [0.4, 0.5) is 5.82 Å². The molecule has 1 aliphatic heterocycles. The molecule has 1 aliphatic rings. The lowest BCUT2D eigenvalue weighted by atomic mass is 10.1. The number of hydrogen-bond acceptors (Lipinski definition) is 5. The lowest BCUT2D eigenvalue weighted by Crippen LogP contribution is -2.48. The van der Waals surface area contributed by atoms with Crippen LogP contribution in [-0.4, -0.2) is 51.9 Å². The number of anilines is 1. The van der Waals surface area contributed by atoms with Crippen LogP contribution in [0.2, 0.25) is 10.0 Å². The largest absolute Gasteiger partial charge is 0.383 e. The number of nitrogen functional groups attached to an aromatic ring is 1. The number of nitrogens with two attached hydrogens (primary N) is 1. The van der Waals surface area contributed by atoms with Gasteiger partial charge in [0, 0.05) is 41.6 Å². The van der Waals surface area contributed by atoms with Gasteiger partial charge >= 0.3 is 0 Å². The Bertz CT molecular complexity index is 1050. The number of benzene rings is 2. The maximum atomic E-state index is 12.6. The number of aromatic nitrogens is 2. The highest BCUT2D eigenvalue weighted by Crippen LogP contribution is 2.22. The highest BCUT2D eigenvalue weighted by atomic mass is 35.5. The molecule has 1 fully saturated rings. The molecule has 6 nitrogen and oxygen atoms in total. The van der Waals surface area contributed by atoms with Crippen LogP contribution in [0.3, 0.4) is 0 Å². The Hall–Kier alpha value is -2.41. The topological polar surface area (TPSA) is 75.3 Å². The molecule has 2 N–H and O–H groups in total. The summed E-state index contributed by atoms with van der Waals surface area (Å²) in [5.41, 5.74) is 7.72. The molecule has 0 saturated carbocycles. The Labute approximate surface area is 179 Å². The van der Waals surface area contributed by atoms with Crippen molar-refractivity contribution in [2.45, 2.75) is 13.0 Å².